The van der Waals surface area contributed by atoms with Crippen molar-refractivity contribution in [2.75, 3.05) is 13.1 Å². The molecule has 23 heavy (non-hydrogen) atoms. The van der Waals surface area contributed by atoms with Crippen LogP contribution in [0, 0.1) is 19.8 Å². The predicted molar refractivity (Wildman–Crippen MR) is 81.6 cm³/mol. The summed E-state index contributed by atoms with van der Waals surface area (Å²) in [5.41, 5.74) is 0.862. The Morgan fingerprint density at radius 3 is 3.04 bits per heavy atom. The number of amides is 1. The number of nitrogens with zero attached hydrogens (tertiary/aromatic N) is 5. The van der Waals surface area contributed by atoms with Gasteiger partial charge >= 0.3 is 0 Å². The van der Waals surface area contributed by atoms with Gasteiger partial charge in [0.05, 0.1) is 11.7 Å². The van der Waals surface area contributed by atoms with Crippen molar-refractivity contribution in [2.45, 2.75) is 45.1 Å². The fourth-order valence-corrected chi connectivity index (χ4v) is 4.13. The van der Waals surface area contributed by atoms with Crippen LogP contribution in [0.4, 0.5) is 0 Å². The molecule has 7 nitrogen and oxygen atoms in total. The molecule has 4 rings (SSSR count). The highest BCUT2D eigenvalue weighted by atomic mass is 16.5. The van der Waals surface area contributed by atoms with Gasteiger partial charge in [0.15, 0.2) is 5.82 Å². The second-order valence-electron chi connectivity index (χ2n) is 6.83. The summed E-state index contributed by atoms with van der Waals surface area (Å²) < 4.78 is 7.38. The van der Waals surface area contributed by atoms with E-state index in [2.05, 4.69) is 15.1 Å². The summed E-state index contributed by atoms with van der Waals surface area (Å²) in [5.74, 6) is 1.94. The van der Waals surface area contributed by atoms with Gasteiger partial charge in [0.2, 0.25) is 11.8 Å². The first-order valence-corrected chi connectivity index (χ1v) is 8.14. The molecule has 1 saturated carbocycles. The van der Waals surface area contributed by atoms with Crippen LogP contribution in [0.5, 0.6) is 0 Å². The third-order valence-corrected chi connectivity index (χ3v) is 5.40. The zero-order valence-electron chi connectivity index (χ0n) is 13.5. The normalized spacial score (nSPS) is 26.7. The fraction of sp³-hybridized carbons (Fsp3) is 0.625. The third kappa shape index (κ3) is 2.26. The second kappa shape index (κ2) is 5.18. The van der Waals surface area contributed by atoms with Gasteiger partial charge in [-0.2, -0.15) is 4.98 Å². The molecule has 2 aliphatic rings. The average Bonchev–Trinajstić information content (AvgIpc) is 3.23. The summed E-state index contributed by atoms with van der Waals surface area (Å²) in [6, 6.07) is 0. The van der Waals surface area contributed by atoms with Crippen molar-refractivity contribution in [2.24, 2.45) is 5.92 Å². The van der Waals surface area contributed by atoms with E-state index in [1.165, 1.54) is 0 Å². The van der Waals surface area contributed by atoms with Crippen molar-refractivity contribution in [3.63, 3.8) is 0 Å². The zero-order valence-corrected chi connectivity index (χ0v) is 13.5. The average molecular weight is 315 g/mol. The summed E-state index contributed by atoms with van der Waals surface area (Å²) >= 11 is 0. The number of carbonyl (C=O) groups excluding carboxylic acids is 1. The van der Waals surface area contributed by atoms with Crippen molar-refractivity contribution in [1.82, 2.24) is 24.6 Å². The summed E-state index contributed by atoms with van der Waals surface area (Å²) in [6.45, 7) is 5.62. The van der Waals surface area contributed by atoms with Crippen molar-refractivity contribution in [1.29, 1.82) is 0 Å². The molecule has 0 aromatic carbocycles. The van der Waals surface area contributed by atoms with Gasteiger partial charge < -0.3 is 14.0 Å². The molecule has 1 amide bonds. The summed E-state index contributed by atoms with van der Waals surface area (Å²) in [7, 11) is 0. The molecule has 2 aromatic rings. The standard InChI is InChI=1S/C16H21N5O2/c1-11-6-17-10-21(11)8-14(22)20-7-13-4-3-5-16(13,9-20)15-18-12(2)19-23-15/h6,10,13H,3-5,7-9H2,1-2H3/t13-,16-/m0/s1. The number of aryl methyl sites for hydroxylation is 2. The summed E-state index contributed by atoms with van der Waals surface area (Å²) in [4.78, 5) is 23.2. The lowest BCUT2D eigenvalue weighted by molar-refractivity contribution is -0.131. The Kier molecular flexibility index (Phi) is 3.25. The second-order valence-corrected chi connectivity index (χ2v) is 6.83. The largest absolute Gasteiger partial charge is 0.340 e. The van der Waals surface area contributed by atoms with Crippen molar-refractivity contribution in [3.05, 3.63) is 29.9 Å². The Balaban J connectivity index is 1.55. The molecule has 1 aliphatic carbocycles. The van der Waals surface area contributed by atoms with Gasteiger partial charge in [-0.05, 0) is 32.6 Å². The number of imidazole rings is 1. The predicted octanol–water partition coefficient (Wildman–Crippen LogP) is 1.46. The van der Waals surface area contributed by atoms with Crippen LogP contribution in [-0.2, 0) is 16.8 Å². The lowest BCUT2D eigenvalue weighted by Gasteiger charge is -2.24. The first-order valence-electron chi connectivity index (χ1n) is 8.14. The number of likely N-dealkylation sites (tertiary alicyclic amines) is 1. The minimum atomic E-state index is -0.138. The molecule has 7 heteroatoms. The Bertz CT molecular complexity index is 736. The first-order chi connectivity index (χ1) is 11.1. The quantitative estimate of drug-likeness (QED) is 0.857. The van der Waals surface area contributed by atoms with E-state index in [9.17, 15) is 4.79 Å². The van der Waals surface area contributed by atoms with Crippen LogP contribution >= 0.6 is 0 Å². The number of hydrogen-bond donors (Lipinski definition) is 0. The minimum Gasteiger partial charge on any atom is -0.340 e. The number of aromatic nitrogens is 4. The van der Waals surface area contributed by atoms with Gasteiger partial charge in [-0.15, -0.1) is 0 Å². The van der Waals surface area contributed by atoms with Crippen LogP contribution in [0.25, 0.3) is 0 Å². The van der Waals surface area contributed by atoms with E-state index in [0.29, 0.717) is 30.7 Å². The minimum absolute atomic E-state index is 0.135. The molecule has 1 aliphatic heterocycles. The Morgan fingerprint density at radius 1 is 1.48 bits per heavy atom. The molecule has 0 radical (unpaired) electrons. The molecule has 2 aromatic heterocycles. The van der Waals surface area contributed by atoms with Crippen molar-refractivity contribution in [3.8, 4) is 0 Å². The molecule has 1 saturated heterocycles. The van der Waals surface area contributed by atoms with Gasteiger partial charge in [0.25, 0.3) is 0 Å². The van der Waals surface area contributed by atoms with Crippen molar-refractivity contribution >= 4 is 5.91 Å². The molecule has 0 N–H and O–H groups in total. The van der Waals surface area contributed by atoms with E-state index in [0.717, 1.165) is 31.5 Å². The lowest BCUT2D eigenvalue weighted by Crippen LogP contribution is -2.36. The smallest absolute Gasteiger partial charge is 0.242 e. The number of carbonyl (C=O) groups is 1. The molecule has 0 bridgehead atoms. The highest BCUT2D eigenvalue weighted by molar-refractivity contribution is 5.76. The maximum Gasteiger partial charge on any atom is 0.242 e. The molecule has 3 heterocycles. The van der Waals surface area contributed by atoms with E-state index >= 15 is 0 Å². The van der Waals surface area contributed by atoms with Crippen LogP contribution < -0.4 is 0 Å². The Hall–Kier alpha value is -2.18. The maximum atomic E-state index is 12.7. The number of hydrogen-bond acceptors (Lipinski definition) is 5. The van der Waals surface area contributed by atoms with E-state index < -0.39 is 0 Å². The van der Waals surface area contributed by atoms with Gasteiger partial charge in [-0.25, -0.2) is 4.98 Å². The van der Waals surface area contributed by atoms with Crippen LogP contribution in [0.15, 0.2) is 17.0 Å². The van der Waals surface area contributed by atoms with Crippen LogP contribution in [0.2, 0.25) is 0 Å². The zero-order chi connectivity index (χ0) is 16.0. The van der Waals surface area contributed by atoms with Gasteiger partial charge in [-0.1, -0.05) is 11.6 Å². The summed E-state index contributed by atoms with van der Waals surface area (Å²) in [6.07, 6.45) is 6.78. The van der Waals surface area contributed by atoms with E-state index in [-0.39, 0.29) is 11.3 Å². The number of fused-ring (bicyclic) bond motifs is 1. The van der Waals surface area contributed by atoms with Gasteiger partial charge in [-0.3, -0.25) is 4.79 Å². The molecule has 2 fully saturated rings. The summed E-state index contributed by atoms with van der Waals surface area (Å²) in [5, 5.41) is 3.96. The molecular weight excluding hydrogens is 294 g/mol. The molecule has 2 atom stereocenters. The molecule has 0 unspecified atom stereocenters. The topological polar surface area (TPSA) is 77.0 Å². The van der Waals surface area contributed by atoms with E-state index in [1.807, 2.05) is 23.3 Å². The lowest BCUT2D eigenvalue weighted by atomic mass is 9.80. The Labute approximate surface area is 134 Å². The first kappa shape index (κ1) is 14.4. The van der Waals surface area contributed by atoms with Gasteiger partial charge in [0, 0.05) is 25.0 Å². The highest BCUT2D eigenvalue weighted by Crippen LogP contribution is 2.49. The van der Waals surface area contributed by atoms with Gasteiger partial charge in [0.1, 0.15) is 6.54 Å². The molecule has 0 spiro atoms. The fourth-order valence-electron chi connectivity index (χ4n) is 4.13. The van der Waals surface area contributed by atoms with Crippen LogP contribution in [0.1, 0.15) is 36.7 Å². The van der Waals surface area contributed by atoms with Crippen LogP contribution in [-0.4, -0.2) is 43.6 Å². The molecule has 122 valence electrons. The van der Waals surface area contributed by atoms with E-state index in [1.54, 1.807) is 12.5 Å². The van der Waals surface area contributed by atoms with Crippen LogP contribution in [0.3, 0.4) is 0 Å². The SMILES string of the molecule is Cc1noc([C@]23CCC[C@H]2CN(C(=O)Cn2cncc2C)C3)n1. The van der Waals surface area contributed by atoms with E-state index in [4.69, 9.17) is 4.52 Å². The van der Waals surface area contributed by atoms with Crippen molar-refractivity contribution < 1.29 is 9.32 Å². The monoisotopic (exact) mass is 315 g/mol. The third-order valence-electron chi connectivity index (χ3n) is 5.40. The number of rotatable bonds is 3. The highest BCUT2D eigenvalue weighted by Gasteiger charge is 2.55. The maximum absolute atomic E-state index is 12.7. The Morgan fingerprint density at radius 2 is 2.35 bits per heavy atom. The molecular formula is C16H21N5O2.